The molecule has 1 aromatic carbocycles. The molecule has 32 heavy (non-hydrogen) atoms. The second-order valence-corrected chi connectivity index (χ2v) is 7.04. The van der Waals surface area contributed by atoms with Gasteiger partial charge in [0.1, 0.15) is 5.82 Å². The van der Waals surface area contributed by atoms with E-state index in [1.165, 1.54) is 26.0 Å². The van der Waals surface area contributed by atoms with Gasteiger partial charge in [0.05, 0.1) is 38.6 Å². The molecule has 1 aliphatic heterocycles. The second-order valence-electron chi connectivity index (χ2n) is 7.04. The molecule has 3 amide bonds. The summed E-state index contributed by atoms with van der Waals surface area (Å²) in [6, 6.07) is 4.31. The van der Waals surface area contributed by atoms with E-state index < -0.39 is 6.03 Å². The molecule has 0 saturated heterocycles. The number of methoxy groups -OCH3 is 3. The molecule has 0 saturated carbocycles. The number of hydrogen-bond acceptors (Lipinski definition) is 7. The monoisotopic (exact) mass is 442 g/mol. The van der Waals surface area contributed by atoms with E-state index in [1.807, 2.05) is 6.92 Å². The molecule has 0 aliphatic carbocycles. The van der Waals surface area contributed by atoms with Crippen LogP contribution in [0.2, 0.25) is 0 Å². The van der Waals surface area contributed by atoms with Crippen molar-refractivity contribution in [2.75, 3.05) is 32.0 Å². The summed E-state index contributed by atoms with van der Waals surface area (Å²) in [5.74, 6) is 1.00. The molecule has 0 fully saturated rings. The Morgan fingerprint density at radius 3 is 2.22 bits per heavy atom. The number of rotatable bonds is 6. The Labute approximate surface area is 185 Å². The number of ether oxygens (including phenoxy) is 3. The molecule has 1 aliphatic rings. The fraction of sp³-hybridized carbons (Fsp3) is 0.381. The Morgan fingerprint density at radius 2 is 1.69 bits per heavy atom. The van der Waals surface area contributed by atoms with E-state index in [2.05, 4.69) is 25.7 Å². The molecule has 11 nitrogen and oxygen atoms in total. The number of aliphatic imine (C=N–C) groups is 2. The number of aryl methyl sites for hydroxylation is 1. The summed E-state index contributed by atoms with van der Waals surface area (Å²) in [6.45, 7) is 5.44. The molecule has 170 valence electrons. The maximum atomic E-state index is 12.7. The third-order valence-corrected chi connectivity index (χ3v) is 4.88. The maximum absolute atomic E-state index is 12.7. The minimum atomic E-state index is -0.546. The molecule has 0 spiro atoms. The molecule has 1 atom stereocenters. The quantitative estimate of drug-likeness (QED) is 0.707. The molecule has 3 rings (SSSR count). The minimum Gasteiger partial charge on any atom is -0.493 e. The van der Waals surface area contributed by atoms with Gasteiger partial charge in [-0.1, -0.05) is 6.92 Å². The van der Waals surface area contributed by atoms with Crippen LogP contribution in [0.25, 0.3) is 0 Å². The van der Waals surface area contributed by atoms with Crippen LogP contribution in [-0.2, 0) is 4.79 Å². The van der Waals surface area contributed by atoms with E-state index in [-0.39, 0.29) is 17.8 Å². The van der Waals surface area contributed by atoms with E-state index >= 15 is 0 Å². The SMILES string of the molecule is CCC1C(=O)N=C(n2nc(C)cc2NC(=O)Nc2cc(OC)c(OC)c(OC)c2)N=C1C. The van der Waals surface area contributed by atoms with Gasteiger partial charge in [0.25, 0.3) is 11.9 Å². The molecule has 2 N–H and O–H groups in total. The van der Waals surface area contributed by atoms with Crippen LogP contribution in [0.4, 0.5) is 16.3 Å². The molecule has 1 aromatic heterocycles. The van der Waals surface area contributed by atoms with Gasteiger partial charge in [0.15, 0.2) is 11.5 Å². The van der Waals surface area contributed by atoms with Gasteiger partial charge in [0.2, 0.25) is 5.75 Å². The van der Waals surface area contributed by atoms with E-state index in [4.69, 9.17) is 14.2 Å². The molecule has 2 aromatic rings. The van der Waals surface area contributed by atoms with Crippen molar-refractivity contribution in [3.63, 3.8) is 0 Å². The zero-order chi connectivity index (χ0) is 23.4. The van der Waals surface area contributed by atoms with Crippen molar-refractivity contribution in [1.29, 1.82) is 0 Å². The van der Waals surface area contributed by atoms with Gasteiger partial charge >= 0.3 is 6.03 Å². The van der Waals surface area contributed by atoms with Crippen LogP contribution in [0, 0.1) is 12.8 Å². The average molecular weight is 442 g/mol. The zero-order valence-electron chi connectivity index (χ0n) is 18.8. The Balaban J connectivity index is 1.84. The van der Waals surface area contributed by atoms with Crippen molar-refractivity contribution in [3.8, 4) is 17.2 Å². The minimum absolute atomic E-state index is 0.105. The summed E-state index contributed by atoms with van der Waals surface area (Å²) >= 11 is 0. The molecule has 11 heteroatoms. The number of carbonyl (C=O) groups excluding carboxylic acids is 2. The lowest BCUT2D eigenvalue weighted by molar-refractivity contribution is -0.119. The fourth-order valence-corrected chi connectivity index (χ4v) is 3.35. The Kier molecular flexibility index (Phi) is 6.76. The zero-order valence-corrected chi connectivity index (χ0v) is 18.8. The lowest BCUT2D eigenvalue weighted by Crippen LogP contribution is -2.30. The summed E-state index contributed by atoms with van der Waals surface area (Å²) < 4.78 is 17.2. The van der Waals surface area contributed by atoms with Crippen molar-refractivity contribution < 1.29 is 23.8 Å². The van der Waals surface area contributed by atoms with Crippen molar-refractivity contribution in [2.24, 2.45) is 15.9 Å². The number of hydrogen-bond donors (Lipinski definition) is 2. The first-order valence-electron chi connectivity index (χ1n) is 9.94. The highest BCUT2D eigenvalue weighted by atomic mass is 16.5. The molecule has 0 bridgehead atoms. The van der Waals surface area contributed by atoms with Crippen LogP contribution in [0.3, 0.4) is 0 Å². The first-order chi connectivity index (χ1) is 15.3. The third kappa shape index (κ3) is 4.56. The van der Waals surface area contributed by atoms with Crippen molar-refractivity contribution in [1.82, 2.24) is 9.78 Å². The largest absolute Gasteiger partial charge is 0.493 e. The van der Waals surface area contributed by atoms with Crippen molar-refractivity contribution >= 4 is 35.1 Å². The summed E-state index contributed by atoms with van der Waals surface area (Å²) in [6.07, 6.45) is 0.616. The Morgan fingerprint density at radius 1 is 1.03 bits per heavy atom. The third-order valence-electron chi connectivity index (χ3n) is 4.88. The van der Waals surface area contributed by atoms with Crippen molar-refractivity contribution in [3.05, 3.63) is 23.9 Å². The van der Waals surface area contributed by atoms with Crippen LogP contribution >= 0.6 is 0 Å². The van der Waals surface area contributed by atoms with Gasteiger partial charge in [-0.05, 0) is 20.3 Å². The van der Waals surface area contributed by atoms with Crippen LogP contribution in [0.5, 0.6) is 17.2 Å². The van der Waals surface area contributed by atoms with Crippen LogP contribution in [-0.4, -0.2) is 54.7 Å². The molecule has 0 radical (unpaired) electrons. The summed E-state index contributed by atoms with van der Waals surface area (Å²) in [7, 11) is 4.47. The summed E-state index contributed by atoms with van der Waals surface area (Å²) in [4.78, 5) is 33.5. The maximum Gasteiger partial charge on any atom is 0.324 e. The van der Waals surface area contributed by atoms with E-state index in [9.17, 15) is 9.59 Å². The normalized spacial score (nSPS) is 15.6. The van der Waals surface area contributed by atoms with Crippen LogP contribution < -0.4 is 24.8 Å². The molecular weight excluding hydrogens is 416 g/mol. The number of aromatic nitrogens is 2. The Bertz CT molecular complexity index is 1080. The lowest BCUT2D eigenvalue weighted by Gasteiger charge is -2.17. The number of carbonyl (C=O) groups is 2. The first-order valence-corrected chi connectivity index (χ1v) is 9.94. The van der Waals surface area contributed by atoms with E-state index in [0.29, 0.717) is 46.6 Å². The van der Waals surface area contributed by atoms with Gasteiger partial charge in [-0.15, -0.1) is 0 Å². The fourth-order valence-electron chi connectivity index (χ4n) is 3.35. The topological polar surface area (TPSA) is 128 Å². The highest BCUT2D eigenvalue weighted by Gasteiger charge is 2.26. The lowest BCUT2D eigenvalue weighted by atomic mass is 10.00. The summed E-state index contributed by atoms with van der Waals surface area (Å²) in [5.41, 5.74) is 1.70. The highest BCUT2D eigenvalue weighted by Crippen LogP contribution is 2.39. The number of anilines is 2. The molecule has 2 heterocycles. The smallest absolute Gasteiger partial charge is 0.324 e. The number of nitrogens with zero attached hydrogens (tertiary/aromatic N) is 4. The number of amides is 3. The predicted octanol–water partition coefficient (Wildman–Crippen LogP) is 3.09. The van der Waals surface area contributed by atoms with Gasteiger partial charge in [-0.2, -0.15) is 14.8 Å². The van der Waals surface area contributed by atoms with Crippen LogP contribution in [0.15, 0.2) is 28.2 Å². The second kappa shape index (κ2) is 9.50. The van der Waals surface area contributed by atoms with E-state index in [1.54, 1.807) is 32.0 Å². The number of benzene rings is 1. The summed E-state index contributed by atoms with van der Waals surface area (Å²) in [5, 5.41) is 9.75. The van der Waals surface area contributed by atoms with Gasteiger partial charge < -0.3 is 19.5 Å². The highest BCUT2D eigenvalue weighted by molar-refractivity contribution is 6.15. The van der Waals surface area contributed by atoms with Crippen LogP contribution in [0.1, 0.15) is 26.0 Å². The Hall–Kier alpha value is -3.89. The average Bonchev–Trinajstić information content (AvgIpc) is 3.12. The van der Waals surface area contributed by atoms with Gasteiger partial charge in [-0.3, -0.25) is 10.1 Å². The number of urea groups is 1. The number of nitrogens with one attached hydrogen (secondary N) is 2. The predicted molar refractivity (Wildman–Crippen MR) is 120 cm³/mol. The first kappa shape index (κ1) is 22.8. The van der Waals surface area contributed by atoms with Gasteiger partial charge in [0, 0.05) is 23.9 Å². The van der Waals surface area contributed by atoms with Crippen molar-refractivity contribution in [2.45, 2.75) is 27.2 Å². The van der Waals surface area contributed by atoms with E-state index in [0.717, 1.165) is 0 Å². The van der Waals surface area contributed by atoms with Gasteiger partial charge in [-0.25, -0.2) is 9.79 Å². The standard InChI is InChI=1S/C21H26N6O5/c1-7-14-12(3)22-20(25-19(14)28)27-17(8-11(2)26-27)24-21(29)23-13-9-15(30-4)18(32-6)16(10-13)31-5/h8-10,14H,7H2,1-6H3,(H2,23,24,29). The molecule has 1 unspecified atom stereocenters. The molecular formula is C21H26N6O5.